The van der Waals surface area contributed by atoms with Crippen molar-refractivity contribution >= 4 is 16.8 Å². The van der Waals surface area contributed by atoms with Crippen molar-refractivity contribution < 1.29 is 4.42 Å². The van der Waals surface area contributed by atoms with E-state index in [1.807, 2.05) is 18.2 Å². The van der Waals surface area contributed by atoms with E-state index in [4.69, 9.17) is 4.42 Å². The van der Waals surface area contributed by atoms with Gasteiger partial charge in [-0.05, 0) is 44.0 Å². The van der Waals surface area contributed by atoms with E-state index in [9.17, 15) is 4.79 Å². The fourth-order valence-corrected chi connectivity index (χ4v) is 2.63. The second kappa shape index (κ2) is 5.09. The van der Waals surface area contributed by atoms with Crippen molar-refractivity contribution in [3.8, 4) is 0 Å². The van der Waals surface area contributed by atoms with Crippen LogP contribution in [0.3, 0.4) is 0 Å². The Kier molecular flexibility index (Phi) is 3.29. The highest BCUT2D eigenvalue weighted by Gasteiger charge is 2.13. The minimum atomic E-state index is -0.316. The smallest absolute Gasteiger partial charge is 0.408 e. The molecule has 1 unspecified atom stereocenters. The third kappa shape index (κ3) is 2.51. The van der Waals surface area contributed by atoms with Crippen LogP contribution in [0.1, 0.15) is 12.8 Å². The molecule has 3 rings (SSSR count). The lowest BCUT2D eigenvalue weighted by Crippen LogP contribution is -2.12. The molecule has 0 aliphatic carbocycles. The van der Waals surface area contributed by atoms with Gasteiger partial charge in [0.05, 0.1) is 5.52 Å². The predicted molar refractivity (Wildman–Crippen MR) is 75.5 cm³/mol. The number of oxazole rings is 1. The standard InChI is InChI=1S/C14H19N3O2/c1-17-12-3-2-11(8-13(12)19-14(17)18)16-7-5-10-4-6-15-9-10/h2-3,8,10,15-16H,4-7,9H2,1H3. The van der Waals surface area contributed by atoms with Crippen molar-refractivity contribution in [3.63, 3.8) is 0 Å². The van der Waals surface area contributed by atoms with Gasteiger partial charge in [-0.3, -0.25) is 4.57 Å². The Bertz CT molecular complexity index is 623. The number of aryl methyl sites for hydroxylation is 1. The molecule has 0 amide bonds. The van der Waals surface area contributed by atoms with Gasteiger partial charge in [-0.1, -0.05) is 0 Å². The Morgan fingerprint density at radius 2 is 2.42 bits per heavy atom. The van der Waals surface area contributed by atoms with Crippen LogP contribution in [0.2, 0.25) is 0 Å². The molecule has 1 atom stereocenters. The molecule has 1 saturated heterocycles. The van der Waals surface area contributed by atoms with Crippen molar-refractivity contribution in [2.45, 2.75) is 12.8 Å². The van der Waals surface area contributed by atoms with E-state index in [1.54, 1.807) is 7.05 Å². The maximum absolute atomic E-state index is 11.4. The number of fused-ring (bicyclic) bond motifs is 1. The van der Waals surface area contributed by atoms with Crippen LogP contribution in [0.15, 0.2) is 27.4 Å². The molecule has 1 aromatic heterocycles. The van der Waals surface area contributed by atoms with Gasteiger partial charge in [0.25, 0.3) is 0 Å². The average molecular weight is 261 g/mol. The number of hydrogen-bond acceptors (Lipinski definition) is 4. The Hall–Kier alpha value is -1.75. The fourth-order valence-electron chi connectivity index (χ4n) is 2.63. The van der Waals surface area contributed by atoms with E-state index in [0.717, 1.165) is 36.8 Å². The summed E-state index contributed by atoms with van der Waals surface area (Å²) in [7, 11) is 1.72. The van der Waals surface area contributed by atoms with E-state index in [2.05, 4.69) is 10.6 Å². The van der Waals surface area contributed by atoms with Gasteiger partial charge in [-0.25, -0.2) is 4.79 Å². The summed E-state index contributed by atoms with van der Waals surface area (Å²) >= 11 is 0. The van der Waals surface area contributed by atoms with Crippen LogP contribution < -0.4 is 16.4 Å². The Morgan fingerprint density at radius 3 is 3.21 bits per heavy atom. The number of nitrogens with zero attached hydrogens (tertiary/aromatic N) is 1. The monoisotopic (exact) mass is 261 g/mol. The van der Waals surface area contributed by atoms with Gasteiger partial charge in [0.1, 0.15) is 0 Å². The third-order valence-corrected chi connectivity index (χ3v) is 3.84. The van der Waals surface area contributed by atoms with E-state index < -0.39 is 0 Å². The number of hydrogen-bond donors (Lipinski definition) is 2. The topological polar surface area (TPSA) is 59.2 Å². The lowest BCUT2D eigenvalue weighted by atomic mass is 10.1. The van der Waals surface area contributed by atoms with E-state index >= 15 is 0 Å². The first kappa shape index (κ1) is 12.3. The SMILES string of the molecule is Cn1c(=O)oc2cc(NCCC3CCNC3)ccc21. The first-order valence-corrected chi connectivity index (χ1v) is 6.78. The molecule has 2 N–H and O–H groups in total. The summed E-state index contributed by atoms with van der Waals surface area (Å²) < 4.78 is 6.69. The van der Waals surface area contributed by atoms with Gasteiger partial charge in [0.15, 0.2) is 5.58 Å². The molecule has 1 fully saturated rings. The number of anilines is 1. The van der Waals surface area contributed by atoms with Crippen molar-refractivity contribution in [2.24, 2.45) is 13.0 Å². The summed E-state index contributed by atoms with van der Waals surface area (Å²) in [5.41, 5.74) is 2.48. The van der Waals surface area contributed by atoms with E-state index in [-0.39, 0.29) is 5.76 Å². The zero-order valence-electron chi connectivity index (χ0n) is 11.1. The molecule has 2 aromatic rings. The Balaban J connectivity index is 1.66. The quantitative estimate of drug-likeness (QED) is 0.876. The lowest BCUT2D eigenvalue weighted by Gasteiger charge is -2.10. The summed E-state index contributed by atoms with van der Waals surface area (Å²) in [6.45, 7) is 3.23. The van der Waals surface area contributed by atoms with Crippen molar-refractivity contribution in [2.75, 3.05) is 25.0 Å². The fraction of sp³-hybridized carbons (Fsp3) is 0.500. The molecule has 102 valence electrons. The zero-order valence-corrected chi connectivity index (χ0v) is 11.1. The molecular weight excluding hydrogens is 242 g/mol. The zero-order chi connectivity index (χ0) is 13.2. The molecular formula is C14H19N3O2. The molecule has 0 radical (unpaired) electrons. The van der Waals surface area contributed by atoms with Gasteiger partial charge in [-0.15, -0.1) is 0 Å². The average Bonchev–Trinajstić information content (AvgIpc) is 3.00. The van der Waals surface area contributed by atoms with Crippen molar-refractivity contribution in [1.29, 1.82) is 0 Å². The molecule has 19 heavy (non-hydrogen) atoms. The van der Waals surface area contributed by atoms with Crippen LogP contribution in [0.4, 0.5) is 5.69 Å². The maximum atomic E-state index is 11.4. The summed E-state index contributed by atoms with van der Waals surface area (Å²) in [5.74, 6) is 0.468. The molecule has 0 bridgehead atoms. The molecule has 0 spiro atoms. The highest BCUT2D eigenvalue weighted by Crippen LogP contribution is 2.18. The molecule has 5 heteroatoms. The van der Waals surface area contributed by atoms with E-state index in [0.29, 0.717) is 5.58 Å². The van der Waals surface area contributed by atoms with Gasteiger partial charge in [0, 0.05) is 25.3 Å². The molecule has 2 heterocycles. The van der Waals surface area contributed by atoms with Crippen LogP contribution in [0.25, 0.3) is 11.1 Å². The minimum absolute atomic E-state index is 0.316. The predicted octanol–water partition coefficient (Wildman–Crippen LogP) is 1.54. The molecule has 0 saturated carbocycles. The maximum Gasteiger partial charge on any atom is 0.419 e. The molecule has 1 aliphatic rings. The van der Waals surface area contributed by atoms with Gasteiger partial charge >= 0.3 is 5.76 Å². The largest absolute Gasteiger partial charge is 0.419 e. The second-order valence-electron chi connectivity index (χ2n) is 5.18. The van der Waals surface area contributed by atoms with Crippen molar-refractivity contribution in [3.05, 3.63) is 28.7 Å². The molecule has 5 nitrogen and oxygen atoms in total. The Labute approximate surface area is 111 Å². The molecule has 1 aromatic carbocycles. The number of nitrogens with one attached hydrogen (secondary N) is 2. The normalized spacial score (nSPS) is 19.1. The molecule has 1 aliphatic heterocycles. The summed E-state index contributed by atoms with van der Waals surface area (Å²) in [4.78, 5) is 11.4. The van der Waals surface area contributed by atoms with Crippen molar-refractivity contribution in [1.82, 2.24) is 9.88 Å². The van der Waals surface area contributed by atoms with E-state index in [1.165, 1.54) is 17.4 Å². The number of rotatable bonds is 4. The number of aromatic nitrogens is 1. The van der Waals surface area contributed by atoms with Gasteiger partial charge in [-0.2, -0.15) is 0 Å². The van der Waals surface area contributed by atoms with Crippen LogP contribution in [-0.4, -0.2) is 24.2 Å². The van der Waals surface area contributed by atoms with Gasteiger partial charge in [0.2, 0.25) is 0 Å². The number of benzene rings is 1. The second-order valence-corrected chi connectivity index (χ2v) is 5.18. The lowest BCUT2D eigenvalue weighted by molar-refractivity contribution is 0.528. The minimum Gasteiger partial charge on any atom is -0.408 e. The summed E-state index contributed by atoms with van der Waals surface area (Å²) in [6.07, 6.45) is 2.44. The highest BCUT2D eigenvalue weighted by molar-refractivity contribution is 5.77. The first-order valence-electron chi connectivity index (χ1n) is 6.78. The van der Waals surface area contributed by atoms with Crippen LogP contribution in [-0.2, 0) is 7.05 Å². The van der Waals surface area contributed by atoms with Crippen LogP contribution in [0, 0.1) is 5.92 Å². The Morgan fingerprint density at radius 1 is 1.53 bits per heavy atom. The van der Waals surface area contributed by atoms with Crippen LogP contribution in [0.5, 0.6) is 0 Å². The summed E-state index contributed by atoms with van der Waals surface area (Å²) in [5, 5.41) is 6.77. The third-order valence-electron chi connectivity index (χ3n) is 3.84. The van der Waals surface area contributed by atoms with Gasteiger partial charge < -0.3 is 15.1 Å². The highest BCUT2D eigenvalue weighted by atomic mass is 16.4. The summed E-state index contributed by atoms with van der Waals surface area (Å²) in [6, 6.07) is 5.80. The van der Waals surface area contributed by atoms with Crippen LogP contribution >= 0.6 is 0 Å². The first-order chi connectivity index (χ1) is 9.24.